The smallest absolute Gasteiger partial charge is 0.146 e. The summed E-state index contributed by atoms with van der Waals surface area (Å²) in [5.41, 5.74) is 4.44. The first-order valence-corrected chi connectivity index (χ1v) is 13.4. The van der Waals surface area contributed by atoms with Gasteiger partial charge in [-0.15, -0.1) is 0 Å². The van der Waals surface area contributed by atoms with Gasteiger partial charge in [-0.25, -0.2) is 4.98 Å². The van der Waals surface area contributed by atoms with Crippen molar-refractivity contribution in [2.75, 3.05) is 0 Å². The molecular formula is C37H22N2. The van der Waals surface area contributed by atoms with Crippen LogP contribution in [-0.4, -0.2) is 9.55 Å². The van der Waals surface area contributed by atoms with Crippen molar-refractivity contribution in [3.8, 4) is 17.1 Å². The highest BCUT2D eigenvalue weighted by atomic mass is 15.1. The summed E-state index contributed by atoms with van der Waals surface area (Å²) in [6.45, 7) is 0. The first kappa shape index (κ1) is 20.8. The fourth-order valence-electron chi connectivity index (χ4n) is 6.64. The molecule has 0 saturated carbocycles. The molecule has 0 aliphatic carbocycles. The molecule has 39 heavy (non-hydrogen) atoms. The lowest BCUT2D eigenvalue weighted by molar-refractivity contribution is 1.11. The molecule has 2 heteroatoms. The highest BCUT2D eigenvalue weighted by Crippen LogP contribution is 2.43. The van der Waals surface area contributed by atoms with Crippen LogP contribution in [-0.2, 0) is 0 Å². The Morgan fingerprint density at radius 2 is 1.00 bits per heavy atom. The van der Waals surface area contributed by atoms with Gasteiger partial charge in [0, 0.05) is 22.0 Å². The summed E-state index contributed by atoms with van der Waals surface area (Å²) in [4.78, 5) is 5.48. The Morgan fingerprint density at radius 1 is 0.410 bits per heavy atom. The lowest BCUT2D eigenvalue weighted by Gasteiger charge is -2.16. The molecule has 0 amide bonds. The van der Waals surface area contributed by atoms with Crippen LogP contribution in [0, 0.1) is 0 Å². The van der Waals surface area contributed by atoms with Crippen molar-refractivity contribution in [3.05, 3.63) is 133 Å². The molecule has 9 rings (SSSR count). The quantitative estimate of drug-likeness (QED) is 0.219. The minimum absolute atomic E-state index is 0.968. The number of para-hydroxylation sites is 1. The van der Waals surface area contributed by atoms with E-state index in [0.717, 1.165) is 28.1 Å². The lowest BCUT2D eigenvalue weighted by atomic mass is 9.92. The molecule has 0 aliphatic rings. The van der Waals surface area contributed by atoms with E-state index in [4.69, 9.17) is 4.98 Å². The standard InChI is InChI=1S/C37H22N2/c1-2-11-26(12-3-1)39-36-31-16-7-5-14-28(31)27-13-4-6-15-30(27)35(36)38-37(39)32-22-20-25-18-17-23-9-8-10-24-19-21-29(32)34(25)33(23)24/h1-22H. The number of aromatic nitrogens is 2. The van der Waals surface area contributed by atoms with E-state index in [1.54, 1.807) is 0 Å². The molecule has 0 atom stereocenters. The van der Waals surface area contributed by atoms with Gasteiger partial charge in [-0.3, -0.25) is 4.57 Å². The maximum absolute atomic E-state index is 5.48. The van der Waals surface area contributed by atoms with Crippen LogP contribution in [0.15, 0.2) is 133 Å². The zero-order chi connectivity index (χ0) is 25.5. The summed E-state index contributed by atoms with van der Waals surface area (Å²) < 4.78 is 2.37. The van der Waals surface area contributed by atoms with E-state index in [9.17, 15) is 0 Å². The van der Waals surface area contributed by atoms with Crippen LogP contribution < -0.4 is 0 Å². The Labute approximate surface area is 224 Å². The number of benzene rings is 8. The molecule has 0 spiro atoms. The minimum Gasteiger partial charge on any atom is -0.292 e. The Morgan fingerprint density at radius 3 is 1.77 bits per heavy atom. The van der Waals surface area contributed by atoms with Gasteiger partial charge < -0.3 is 0 Å². The van der Waals surface area contributed by atoms with Crippen LogP contribution in [0.3, 0.4) is 0 Å². The van der Waals surface area contributed by atoms with Gasteiger partial charge in [0.2, 0.25) is 0 Å². The van der Waals surface area contributed by atoms with E-state index in [1.807, 2.05) is 0 Å². The molecule has 9 aromatic rings. The average Bonchev–Trinajstić information content (AvgIpc) is 3.41. The number of rotatable bonds is 2. The first-order chi connectivity index (χ1) is 19.4. The molecule has 0 unspecified atom stereocenters. The molecule has 0 radical (unpaired) electrons. The second kappa shape index (κ2) is 7.66. The van der Waals surface area contributed by atoms with E-state index in [0.29, 0.717) is 0 Å². The van der Waals surface area contributed by atoms with Crippen LogP contribution in [0.5, 0.6) is 0 Å². The normalized spacial score (nSPS) is 12.1. The maximum atomic E-state index is 5.48. The van der Waals surface area contributed by atoms with Crippen LogP contribution in [0.1, 0.15) is 0 Å². The molecule has 0 fully saturated rings. The minimum atomic E-state index is 0.968. The van der Waals surface area contributed by atoms with E-state index in [2.05, 4.69) is 138 Å². The highest BCUT2D eigenvalue weighted by Gasteiger charge is 2.22. The van der Waals surface area contributed by atoms with Gasteiger partial charge in [0.15, 0.2) is 0 Å². The largest absolute Gasteiger partial charge is 0.292 e. The van der Waals surface area contributed by atoms with Crippen molar-refractivity contribution < 1.29 is 0 Å². The lowest BCUT2D eigenvalue weighted by Crippen LogP contribution is -1.99. The summed E-state index contributed by atoms with van der Waals surface area (Å²) in [7, 11) is 0. The fourth-order valence-corrected chi connectivity index (χ4v) is 6.64. The fraction of sp³-hybridized carbons (Fsp3) is 0. The number of fused-ring (bicyclic) bond motifs is 6. The number of imidazole rings is 1. The third-order valence-corrected chi connectivity index (χ3v) is 8.32. The third kappa shape index (κ3) is 2.78. The van der Waals surface area contributed by atoms with Gasteiger partial charge in [0.05, 0.1) is 11.0 Å². The van der Waals surface area contributed by atoms with Crippen molar-refractivity contribution in [2.24, 2.45) is 0 Å². The van der Waals surface area contributed by atoms with Gasteiger partial charge in [-0.1, -0.05) is 115 Å². The van der Waals surface area contributed by atoms with Crippen molar-refractivity contribution in [1.29, 1.82) is 0 Å². The van der Waals surface area contributed by atoms with Crippen molar-refractivity contribution in [1.82, 2.24) is 9.55 Å². The Bertz CT molecular complexity index is 2360. The second-order valence-corrected chi connectivity index (χ2v) is 10.4. The van der Waals surface area contributed by atoms with Crippen LogP contribution in [0.25, 0.3) is 82.0 Å². The molecule has 1 aromatic heterocycles. The molecule has 0 bridgehead atoms. The van der Waals surface area contributed by atoms with Crippen LogP contribution in [0.4, 0.5) is 0 Å². The zero-order valence-corrected chi connectivity index (χ0v) is 21.1. The molecule has 1 heterocycles. The molecule has 0 N–H and O–H groups in total. The van der Waals surface area contributed by atoms with Gasteiger partial charge in [0.1, 0.15) is 5.82 Å². The predicted octanol–water partition coefficient (Wildman–Crippen LogP) is 9.90. The Hall–Kier alpha value is -5.21. The molecule has 0 saturated heterocycles. The summed E-state index contributed by atoms with van der Waals surface area (Å²) in [6, 6.07) is 48.2. The summed E-state index contributed by atoms with van der Waals surface area (Å²) in [5.74, 6) is 0.968. The molecule has 2 nitrogen and oxygen atoms in total. The van der Waals surface area contributed by atoms with E-state index in [1.165, 1.54) is 53.9 Å². The van der Waals surface area contributed by atoms with Crippen molar-refractivity contribution >= 4 is 64.9 Å². The highest BCUT2D eigenvalue weighted by molar-refractivity contribution is 6.27. The van der Waals surface area contributed by atoms with Crippen LogP contribution in [0.2, 0.25) is 0 Å². The number of nitrogens with zero attached hydrogens (tertiary/aromatic N) is 2. The topological polar surface area (TPSA) is 17.8 Å². The van der Waals surface area contributed by atoms with Crippen LogP contribution >= 0.6 is 0 Å². The predicted molar refractivity (Wildman–Crippen MR) is 165 cm³/mol. The van der Waals surface area contributed by atoms with Crippen molar-refractivity contribution in [2.45, 2.75) is 0 Å². The monoisotopic (exact) mass is 494 g/mol. The van der Waals surface area contributed by atoms with E-state index < -0.39 is 0 Å². The zero-order valence-electron chi connectivity index (χ0n) is 21.1. The first-order valence-electron chi connectivity index (χ1n) is 13.4. The van der Waals surface area contributed by atoms with Crippen molar-refractivity contribution in [3.63, 3.8) is 0 Å². The van der Waals surface area contributed by atoms with Gasteiger partial charge in [0.25, 0.3) is 0 Å². The summed E-state index contributed by atoms with van der Waals surface area (Å²) in [6.07, 6.45) is 0. The third-order valence-electron chi connectivity index (χ3n) is 8.32. The number of hydrogen-bond acceptors (Lipinski definition) is 1. The van der Waals surface area contributed by atoms with Gasteiger partial charge in [-0.05, 0) is 61.3 Å². The maximum Gasteiger partial charge on any atom is 0.146 e. The molecule has 8 aromatic carbocycles. The summed E-state index contributed by atoms with van der Waals surface area (Å²) in [5, 5.41) is 12.6. The summed E-state index contributed by atoms with van der Waals surface area (Å²) >= 11 is 0. The Balaban J connectivity index is 1.52. The van der Waals surface area contributed by atoms with E-state index in [-0.39, 0.29) is 0 Å². The molecular weight excluding hydrogens is 472 g/mol. The van der Waals surface area contributed by atoms with Gasteiger partial charge in [-0.2, -0.15) is 0 Å². The molecule has 0 aliphatic heterocycles. The second-order valence-electron chi connectivity index (χ2n) is 10.4. The molecule has 180 valence electrons. The van der Waals surface area contributed by atoms with Gasteiger partial charge >= 0.3 is 0 Å². The number of hydrogen-bond donors (Lipinski definition) is 0. The van der Waals surface area contributed by atoms with E-state index >= 15 is 0 Å². The average molecular weight is 495 g/mol. The SMILES string of the molecule is c1ccc(-n2c(-c3ccc4ccc5cccc6ccc3c4c56)nc3c4ccccc4c4ccccc4c32)cc1. The Kier molecular flexibility index (Phi) is 4.08.